The Labute approximate surface area is 508 Å². The van der Waals surface area contributed by atoms with Gasteiger partial charge >= 0.3 is 17.9 Å². The first-order valence-electron chi connectivity index (χ1n) is 35.2. The summed E-state index contributed by atoms with van der Waals surface area (Å²) in [4.78, 5) is 38.3. The van der Waals surface area contributed by atoms with Gasteiger partial charge in [-0.2, -0.15) is 0 Å². The number of hydrogen-bond donors (Lipinski definition) is 0. The summed E-state index contributed by atoms with van der Waals surface area (Å²) in [6.07, 6.45) is 94.5. The number of allylic oxidation sites excluding steroid dienone is 16. The SMILES string of the molecule is CC/C=C\C/C=C\C/C=C\C/C=C\C/C=C\CCCCCC(=O)OC(COC(=O)CCCCCCCCCCCCCC)COC(=O)CCCCCCCCCCCCCCCCCCCC/C=C\C/C=C\C/C=C\CCCCCCC. The van der Waals surface area contributed by atoms with Crippen LogP contribution in [0.25, 0.3) is 0 Å². The Morgan fingerprint density at radius 1 is 0.256 bits per heavy atom. The molecule has 82 heavy (non-hydrogen) atoms. The molecule has 0 aromatic heterocycles. The van der Waals surface area contributed by atoms with Crippen LogP contribution in [0.3, 0.4) is 0 Å². The van der Waals surface area contributed by atoms with Crippen LogP contribution in [0.4, 0.5) is 0 Å². The van der Waals surface area contributed by atoms with Crippen molar-refractivity contribution in [1.82, 2.24) is 0 Å². The van der Waals surface area contributed by atoms with Crippen LogP contribution in [0.15, 0.2) is 97.2 Å². The number of ether oxygens (including phenoxy) is 3. The molecule has 0 aliphatic rings. The second-order valence-corrected chi connectivity index (χ2v) is 23.4. The highest BCUT2D eigenvalue weighted by molar-refractivity contribution is 5.71. The number of hydrogen-bond acceptors (Lipinski definition) is 6. The zero-order chi connectivity index (χ0) is 59.2. The van der Waals surface area contributed by atoms with Gasteiger partial charge in [-0.25, -0.2) is 0 Å². The maximum atomic E-state index is 12.9. The van der Waals surface area contributed by atoms with Crippen LogP contribution < -0.4 is 0 Å². The maximum Gasteiger partial charge on any atom is 0.306 e. The quantitative estimate of drug-likeness (QED) is 0.0261. The van der Waals surface area contributed by atoms with Gasteiger partial charge in [0.05, 0.1) is 0 Å². The van der Waals surface area contributed by atoms with Crippen LogP contribution in [-0.2, 0) is 28.6 Å². The van der Waals surface area contributed by atoms with Gasteiger partial charge in [-0.1, -0.05) is 323 Å². The summed E-state index contributed by atoms with van der Waals surface area (Å²) in [6.45, 7) is 6.52. The minimum Gasteiger partial charge on any atom is -0.462 e. The average molecular weight is 1140 g/mol. The number of carbonyl (C=O) groups excluding carboxylic acids is 3. The van der Waals surface area contributed by atoms with Crippen molar-refractivity contribution in [2.24, 2.45) is 0 Å². The minimum absolute atomic E-state index is 0.0870. The van der Waals surface area contributed by atoms with E-state index in [1.165, 1.54) is 199 Å². The fraction of sp³-hybridized carbons (Fsp3) is 0.750. The third-order valence-electron chi connectivity index (χ3n) is 15.3. The van der Waals surface area contributed by atoms with Crippen molar-refractivity contribution in [2.75, 3.05) is 13.2 Å². The van der Waals surface area contributed by atoms with E-state index in [0.717, 1.165) is 109 Å². The molecule has 0 N–H and O–H groups in total. The molecule has 6 nitrogen and oxygen atoms in total. The van der Waals surface area contributed by atoms with Crippen molar-refractivity contribution in [1.29, 1.82) is 0 Å². The number of carbonyl (C=O) groups is 3. The second-order valence-electron chi connectivity index (χ2n) is 23.4. The van der Waals surface area contributed by atoms with E-state index in [4.69, 9.17) is 14.2 Å². The van der Waals surface area contributed by atoms with Crippen molar-refractivity contribution in [3.05, 3.63) is 97.2 Å². The Hall–Kier alpha value is -3.67. The third kappa shape index (κ3) is 67.1. The van der Waals surface area contributed by atoms with Crippen molar-refractivity contribution in [2.45, 2.75) is 354 Å². The Balaban J connectivity index is 4.19. The molecule has 0 amide bonds. The smallest absolute Gasteiger partial charge is 0.306 e. The summed E-state index contributed by atoms with van der Waals surface area (Å²) < 4.78 is 16.9. The van der Waals surface area contributed by atoms with Gasteiger partial charge in [0.2, 0.25) is 0 Å². The number of esters is 3. The summed E-state index contributed by atoms with van der Waals surface area (Å²) in [5, 5.41) is 0. The maximum absolute atomic E-state index is 12.9. The van der Waals surface area contributed by atoms with E-state index in [-0.39, 0.29) is 31.1 Å². The first-order chi connectivity index (χ1) is 40.5. The molecule has 0 aromatic rings. The molecule has 0 bridgehead atoms. The zero-order valence-electron chi connectivity index (χ0n) is 54.2. The molecule has 0 radical (unpaired) electrons. The molecule has 0 saturated carbocycles. The molecule has 0 saturated heterocycles. The number of rotatable bonds is 64. The van der Waals surface area contributed by atoms with E-state index >= 15 is 0 Å². The van der Waals surface area contributed by atoms with Crippen LogP contribution in [0.1, 0.15) is 348 Å². The van der Waals surface area contributed by atoms with Crippen LogP contribution in [0.2, 0.25) is 0 Å². The van der Waals surface area contributed by atoms with Crippen molar-refractivity contribution < 1.29 is 28.6 Å². The zero-order valence-corrected chi connectivity index (χ0v) is 54.2. The van der Waals surface area contributed by atoms with Crippen molar-refractivity contribution >= 4 is 17.9 Å². The van der Waals surface area contributed by atoms with Crippen LogP contribution >= 0.6 is 0 Å². The Morgan fingerprint density at radius 2 is 0.476 bits per heavy atom. The molecule has 0 rings (SSSR count). The standard InChI is InChI=1S/C76H132O6/c1-4-7-10-13-16-19-22-25-27-29-31-32-33-34-35-36-37-38-39-40-41-42-43-44-46-47-49-51-54-57-60-63-66-69-75(78)81-72-73(71-80-74(77)68-65-62-59-56-53-24-21-18-15-12-9-6-3)82-76(79)70-67-64-61-58-55-52-50-48-45-30-28-26-23-20-17-14-11-8-5-2/h8,11,17,20,22,25-26,28-29,31,33-34,45,48,52,55,73H,4-7,9-10,12-16,18-19,21,23-24,27,30,32,35-44,46-47,49-51,53-54,56-72H2,1-3H3/b11-8-,20-17-,25-22-,28-26-,31-29-,34-33-,48-45-,55-52-. The van der Waals surface area contributed by atoms with Gasteiger partial charge in [-0.3, -0.25) is 14.4 Å². The lowest BCUT2D eigenvalue weighted by atomic mass is 10.0. The van der Waals surface area contributed by atoms with Gasteiger partial charge in [-0.05, 0) is 103 Å². The first kappa shape index (κ1) is 78.3. The van der Waals surface area contributed by atoms with Gasteiger partial charge in [0.25, 0.3) is 0 Å². The Kier molecular flexibility index (Phi) is 66.7. The highest BCUT2D eigenvalue weighted by Gasteiger charge is 2.19. The summed E-state index contributed by atoms with van der Waals surface area (Å²) in [7, 11) is 0. The second kappa shape index (κ2) is 69.8. The van der Waals surface area contributed by atoms with Gasteiger partial charge < -0.3 is 14.2 Å². The first-order valence-corrected chi connectivity index (χ1v) is 35.2. The lowest BCUT2D eigenvalue weighted by Gasteiger charge is -2.18. The molecule has 1 unspecified atom stereocenters. The number of unbranched alkanes of at least 4 members (excludes halogenated alkanes) is 37. The van der Waals surface area contributed by atoms with Crippen molar-refractivity contribution in [3.63, 3.8) is 0 Å². The highest BCUT2D eigenvalue weighted by Crippen LogP contribution is 2.17. The summed E-state index contributed by atoms with van der Waals surface area (Å²) >= 11 is 0. The summed E-state index contributed by atoms with van der Waals surface area (Å²) in [5.74, 6) is -0.905. The van der Waals surface area contributed by atoms with Crippen LogP contribution in [-0.4, -0.2) is 37.2 Å². The largest absolute Gasteiger partial charge is 0.462 e. The highest BCUT2D eigenvalue weighted by atomic mass is 16.6. The summed E-state index contributed by atoms with van der Waals surface area (Å²) in [5.41, 5.74) is 0. The molecule has 0 aromatic carbocycles. The van der Waals surface area contributed by atoms with E-state index in [9.17, 15) is 14.4 Å². The van der Waals surface area contributed by atoms with Crippen molar-refractivity contribution in [3.8, 4) is 0 Å². The van der Waals surface area contributed by atoms with E-state index in [1.54, 1.807) is 0 Å². The average Bonchev–Trinajstić information content (AvgIpc) is 3.47. The normalized spacial score (nSPS) is 12.7. The van der Waals surface area contributed by atoms with Gasteiger partial charge in [0.1, 0.15) is 13.2 Å². The molecular formula is C76H132O6. The Morgan fingerprint density at radius 3 is 0.756 bits per heavy atom. The molecule has 0 heterocycles. The molecule has 472 valence electrons. The summed E-state index contributed by atoms with van der Waals surface area (Å²) in [6, 6.07) is 0. The van der Waals surface area contributed by atoms with Crippen LogP contribution in [0.5, 0.6) is 0 Å². The molecule has 6 heteroatoms. The molecule has 0 aliphatic carbocycles. The fourth-order valence-electron chi connectivity index (χ4n) is 10.1. The Bertz CT molecular complexity index is 1590. The minimum atomic E-state index is -0.794. The van der Waals surface area contributed by atoms with Gasteiger partial charge in [-0.15, -0.1) is 0 Å². The third-order valence-corrected chi connectivity index (χ3v) is 15.3. The lowest BCUT2D eigenvalue weighted by molar-refractivity contribution is -0.167. The molecule has 0 fully saturated rings. The fourth-order valence-corrected chi connectivity index (χ4v) is 10.1. The van der Waals surface area contributed by atoms with Crippen LogP contribution in [0, 0.1) is 0 Å². The lowest BCUT2D eigenvalue weighted by Crippen LogP contribution is -2.30. The monoisotopic (exact) mass is 1140 g/mol. The van der Waals surface area contributed by atoms with E-state index in [2.05, 4.69) is 118 Å². The molecule has 0 spiro atoms. The predicted molar refractivity (Wildman–Crippen MR) is 357 cm³/mol. The molecular weight excluding hydrogens is 1010 g/mol. The molecule has 0 aliphatic heterocycles. The molecule has 1 atom stereocenters. The van der Waals surface area contributed by atoms with E-state index in [1.807, 2.05) is 0 Å². The topological polar surface area (TPSA) is 78.9 Å². The van der Waals surface area contributed by atoms with Gasteiger partial charge in [0.15, 0.2) is 6.10 Å². The van der Waals surface area contributed by atoms with E-state index in [0.29, 0.717) is 19.3 Å². The van der Waals surface area contributed by atoms with E-state index < -0.39 is 6.10 Å². The predicted octanol–water partition coefficient (Wildman–Crippen LogP) is 24.4. The van der Waals surface area contributed by atoms with Gasteiger partial charge in [0, 0.05) is 19.3 Å².